The molecule has 1 aliphatic heterocycles. The molecular weight excluding hydrogens is 537 g/mol. The summed E-state index contributed by atoms with van der Waals surface area (Å²) in [5.74, 6) is 5.32. The van der Waals surface area contributed by atoms with Gasteiger partial charge in [0.05, 0.1) is 30.4 Å². The van der Waals surface area contributed by atoms with Crippen LogP contribution in [-0.2, 0) is 13.0 Å². The molecule has 3 aromatic rings. The number of nitrogens with one attached hydrogen (secondary N) is 1. The van der Waals surface area contributed by atoms with E-state index in [-0.39, 0.29) is 11.4 Å². The van der Waals surface area contributed by atoms with Crippen molar-refractivity contribution >= 4 is 34.3 Å². The minimum Gasteiger partial charge on any atom is -0.497 e. The Labute approximate surface area is 245 Å². The maximum Gasteiger partial charge on any atom is 0.261 e. The lowest BCUT2D eigenvalue weighted by Crippen LogP contribution is -2.56. The number of thioether (sulfide) groups is 1. The standard InChI is InChI=1S/C32H40FN5O2S/c1-20-26-15-22(32(26,2)3)16-28(20)36-31(37-11-13-41-14-12-37)35-23-6-8-25-29(17-23)34-19-38(30(25)39)10-9-21-5-7-24(40-4)18-27(21)33/h5-8,17-20,22,26,28H,9-16H2,1-4H3,(H,35,36)/t20-,22-,26+,28?/m0/s1. The van der Waals surface area contributed by atoms with Gasteiger partial charge in [-0.25, -0.2) is 14.4 Å². The van der Waals surface area contributed by atoms with Gasteiger partial charge in [-0.3, -0.25) is 9.36 Å². The van der Waals surface area contributed by atoms with E-state index >= 15 is 0 Å². The number of benzene rings is 2. The number of aromatic nitrogens is 2. The predicted molar refractivity (Wildman–Crippen MR) is 166 cm³/mol. The summed E-state index contributed by atoms with van der Waals surface area (Å²) in [6.07, 6.45) is 4.43. The second-order valence-corrected chi connectivity index (χ2v) is 13.6. The highest BCUT2D eigenvalue weighted by Gasteiger charge is 2.56. The second-order valence-electron chi connectivity index (χ2n) is 12.4. The fraction of sp³-hybridized carbons (Fsp3) is 0.531. The van der Waals surface area contributed by atoms with Crippen molar-refractivity contribution in [2.24, 2.45) is 28.2 Å². The fourth-order valence-corrected chi connectivity index (χ4v) is 7.94. The summed E-state index contributed by atoms with van der Waals surface area (Å²) in [5.41, 5.74) is 2.35. The molecule has 2 heterocycles. The van der Waals surface area contributed by atoms with Gasteiger partial charge in [0, 0.05) is 42.9 Å². The van der Waals surface area contributed by atoms with E-state index in [0.717, 1.165) is 54.5 Å². The Balaban J connectivity index is 1.21. The average molecular weight is 578 g/mol. The molecule has 7 rings (SSSR count). The van der Waals surface area contributed by atoms with Crippen LogP contribution < -0.4 is 15.6 Å². The van der Waals surface area contributed by atoms with Gasteiger partial charge in [-0.2, -0.15) is 11.8 Å². The molecule has 0 spiro atoms. The van der Waals surface area contributed by atoms with Crippen molar-refractivity contribution < 1.29 is 9.13 Å². The molecule has 7 nitrogen and oxygen atoms in total. The molecular formula is C32H40FN5O2S. The molecule has 4 aliphatic rings. The number of aryl methyl sites for hydroxylation is 2. The minimum atomic E-state index is -0.338. The van der Waals surface area contributed by atoms with Crippen LogP contribution in [0.4, 0.5) is 10.1 Å². The summed E-state index contributed by atoms with van der Waals surface area (Å²) in [7, 11) is 1.51. The summed E-state index contributed by atoms with van der Waals surface area (Å²) in [6.45, 7) is 9.52. The van der Waals surface area contributed by atoms with Gasteiger partial charge >= 0.3 is 0 Å². The van der Waals surface area contributed by atoms with E-state index in [1.165, 1.54) is 19.6 Å². The van der Waals surface area contributed by atoms with Crippen LogP contribution in [0.3, 0.4) is 0 Å². The van der Waals surface area contributed by atoms with E-state index in [4.69, 9.17) is 9.73 Å². The monoisotopic (exact) mass is 577 g/mol. The Morgan fingerprint density at radius 2 is 2.00 bits per heavy atom. The fourth-order valence-electron chi connectivity index (χ4n) is 7.04. The largest absolute Gasteiger partial charge is 0.497 e. The first-order chi connectivity index (χ1) is 19.7. The Morgan fingerprint density at radius 3 is 2.71 bits per heavy atom. The van der Waals surface area contributed by atoms with Crippen LogP contribution >= 0.6 is 11.8 Å². The molecule has 2 bridgehead atoms. The Hall–Kier alpha value is -3.07. The molecule has 0 amide bonds. The van der Waals surface area contributed by atoms with E-state index in [1.54, 1.807) is 23.0 Å². The van der Waals surface area contributed by atoms with Gasteiger partial charge in [0.15, 0.2) is 5.96 Å². The summed E-state index contributed by atoms with van der Waals surface area (Å²) in [5, 5.41) is 4.17. The zero-order valence-corrected chi connectivity index (χ0v) is 25.2. The van der Waals surface area contributed by atoms with Crippen LogP contribution in [0.1, 0.15) is 39.2 Å². The van der Waals surface area contributed by atoms with Gasteiger partial charge in [-0.05, 0) is 72.3 Å². The predicted octanol–water partition coefficient (Wildman–Crippen LogP) is 5.67. The van der Waals surface area contributed by atoms with Crippen LogP contribution in [-0.4, -0.2) is 58.2 Å². The first kappa shape index (κ1) is 28.1. The van der Waals surface area contributed by atoms with Gasteiger partial charge in [-0.1, -0.05) is 26.8 Å². The highest BCUT2D eigenvalue weighted by molar-refractivity contribution is 7.99. The van der Waals surface area contributed by atoms with Crippen LogP contribution in [0.2, 0.25) is 0 Å². The molecule has 0 radical (unpaired) electrons. The molecule has 9 heteroatoms. The maximum absolute atomic E-state index is 14.4. The normalized spacial score (nSPS) is 25.6. The first-order valence-corrected chi connectivity index (χ1v) is 15.9. The van der Waals surface area contributed by atoms with Crippen molar-refractivity contribution in [1.29, 1.82) is 0 Å². The number of hydrogen-bond acceptors (Lipinski definition) is 5. The Bertz CT molecular complexity index is 1520. The molecule has 3 aliphatic carbocycles. The summed E-state index contributed by atoms with van der Waals surface area (Å²) in [4.78, 5) is 25.6. The van der Waals surface area contributed by atoms with Crippen molar-refractivity contribution in [3.63, 3.8) is 0 Å². The second kappa shape index (κ2) is 11.3. The molecule has 2 aromatic carbocycles. The van der Waals surface area contributed by atoms with Crippen LogP contribution in [0.25, 0.3) is 10.9 Å². The topological polar surface area (TPSA) is 71.8 Å². The number of halogens is 1. The van der Waals surface area contributed by atoms with Gasteiger partial charge in [0.25, 0.3) is 5.56 Å². The maximum atomic E-state index is 14.4. The summed E-state index contributed by atoms with van der Waals surface area (Å²) in [6, 6.07) is 10.8. The Morgan fingerprint density at radius 1 is 1.20 bits per heavy atom. The van der Waals surface area contributed by atoms with E-state index < -0.39 is 0 Å². The highest BCUT2D eigenvalue weighted by atomic mass is 32.2. The van der Waals surface area contributed by atoms with E-state index in [1.807, 2.05) is 30.0 Å². The number of guanidine groups is 1. The van der Waals surface area contributed by atoms with Crippen molar-refractivity contribution in [3.05, 3.63) is 64.5 Å². The first-order valence-electron chi connectivity index (χ1n) is 14.7. The number of nitrogens with zero attached hydrogens (tertiary/aromatic N) is 4. The third kappa shape index (κ3) is 5.45. The van der Waals surface area contributed by atoms with E-state index in [9.17, 15) is 9.18 Å². The molecule has 41 heavy (non-hydrogen) atoms. The molecule has 3 saturated carbocycles. The lowest BCUT2D eigenvalue weighted by Gasteiger charge is -2.61. The average Bonchev–Trinajstić information content (AvgIpc) is 2.98. The molecule has 218 valence electrons. The number of methoxy groups -OCH3 is 1. The molecule has 1 unspecified atom stereocenters. The minimum absolute atomic E-state index is 0.129. The Kier molecular flexibility index (Phi) is 7.74. The highest BCUT2D eigenvalue weighted by Crippen LogP contribution is 2.61. The number of aliphatic imine (C=N–C) groups is 1. The van der Waals surface area contributed by atoms with E-state index in [2.05, 4.69) is 36.0 Å². The number of rotatable bonds is 6. The van der Waals surface area contributed by atoms with Crippen molar-refractivity contribution in [2.45, 2.75) is 52.6 Å². The molecule has 1 saturated heterocycles. The number of hydrogen-bond donors (Lipinski definition) is 1. The third-order valence-electron chi connectivity index (χ3n) is 9.88. The van der Waals surface area contributed by atoms with Crippen molar-refractivity contribution in [3.8, 4) is 5.75 Å². The summed E-state index contributed by atoms with van der Waals surface area (Å²) >= 11 is 1.99. The molecule has 1 aromatic heterocycles. The lowest BCUT2D eigenvalue weighted by atomic mass is 9.45. The number of fused-ring (bicyclic) bond motifs is 3. The molecule has 1 N–H and O–H groups in total. The van der Waals surface area contributed by atoms with Gasteiger partial charge < -0.3 is 15.0 Å². The van der Waals surface area contributed by atoms with Gasteiger partial charge in [-0.15, -0.1) is 0 Å². The number of anilines is 1. The zero-order chi connectivity index (χ0) is 28.7. The van der Waals surface area contributed by atoms with Crippen LogP contribution in [0.5, 0.6) is 5.75 Å². The summed E-state index contributed by atoms with van der Waals surface area (Å²) < 4.78 is 21.0. The van der Waals surface area contributed by atoms with Crippen molar-refractivity contribution in [1.82, 2.24) is 14.5 Å². The SMILES string of the molecule is COc1ccc(CCn2cnc3cc(NC(=NC4C[C@@H]5C[C@H]([C@@H]4C)C5(C)C)N4CCSCC4)ccc3c2=O)c(F)c1. The zero-order valence-electron chi connectivity index (χ0n) is 24.4. The quantitative estimate of drug-likeness (QED) is 0.301. The van der Waals surface area contributed by atoms with Gasteiger partial charge in [0.2, 0.25) is 0 Å². The smallest absolute Gasteiger partial charge is 0.261 e. The molecule has 4 atom stereocenters. The molecule has 4 fully saturated rings. The van der Waals surface area contributed by atoms with E-state index in [0.29, 0.717) is 52.6 Å². The van der Waals surface area contributed by atoms with Gasteiger partial charge in [0.1, 0.15) is 11.6 Å². The van der Waals surface area contributed by atoms with Crippen molar-refractivity contribution in [2.75, 3.05) is 37.0 Å². The van der Waals surface area contributed by atoms with Crippen LogP contribution in [0.15, 0.2) is 52.5 Å². The lowest BCUT2D eigenvalue weighted by molar-refractivity contribution is -0.108. The number of ether oxygens (including phenoxy) is 1. The van der Waals surface area contributed by atoms with Crippen LogP contribution in [0, 0.1) is 29.0 Å². The third-order valence-corrected chi connectivity index (χ3v) is 10.8.